The van der Waals surface area contributed by atoms with Crippen molar-refractivity contribution in [2.24, 2.45) is 0 Å². The first kappa shape index (κ1) is 9.18. The number of rotatable bonds is 1. The molecular formula is C7H8NaO. The Morgan fingerprint density at radius 1 is 1.11 bits per heavy atom. The van der Waals surface area contributed by atoms with Crippen LogP contribution in [0.4, 0.5) is 0 Å². The summed E-state index contributed by atoms with van der Waals surface area (Å²) in [6.45, 7) is 1.08. The molecule has 0 aromatic heterocycles. The first-order valence-corrected chi connectivity index (χ1v) is 2.46. The second kappa shape index (κ2) is 5.00. The van der Waals surface area contributed by atoms with E-state index in [1.165, 1.54) is 0 Å². The van der Waals surface area contributed by atoms with Gasteiger partial charge < -0.3 is 5.11 Å². The Balaban J connectivity index is 0.000000640. The summed E-state index contributed by atoms with van der Waals surface area (Å²) in [7, 11) is 0. The van der Waals surface area contributed by atoms with Gasteiger partial charge in [-0.25, -0.2) is 0 Å². The van der Waals surface area contributed by atoms with Gasteiger partial charge in [-0.15, -0.1) is 0 Å². The summed E-state index contributed by atoms with van der Waals surface area (Å²) >= 11 is 0. The van der Waals surface area contributed by atoms with Gasteiger partial charge in [0.15, 0.2) is 0 Å². The Kier molecular flexibility index (Phi) is 5.10. The molecule has 0 bridgehead atoms. The standard InChI is InChI=1S/C7H7O.Na.H/c8-6-7-4-2-1-3-5-7;;/h1-6,8H;;. The van der Waals surface area contributed by atoms with Crippen LogP contribution >= 0.6 is 0 Å². The molecule has 0 atom stereocenters. The predicted octanol–water partition coefficient (Wildman–Crippen LogP) is 0.920. The summed E-state index contributed by atoms with van der Waals surface area (Å²) in [4.78, 5) is 0. The van der Waals surface area contributed by atoms with Crippen molar-refractivity contribution in [3.63, 3.8) is 0 Å². The maximum atomic E-state index is 8.41. The minimum atomic E-state index is 0. The number of benzene rings is 1. The van der Waals surface area contributed by atoms with Gasteiger partial charge in [-0.2, -0.15) is 0 Å². The molecule has 0 amide bonds. The quantitative estimate of drug-likeness (QED) is 0.562. The van der Waals surface area contributed by atoms with Gasteiger partial charge in [0, 0.05) is 0 Å². The van der Waals surface area contributed by atoms with E-state index >= 15 is 0 Å². The van der Waals surface area contributed by atoms with Crippen LogP contribution in [0, 0.1) is 6.61 Å². The zero-order valence-corrected chi connectivity index (χ0v) is 4.41. The summed E-state index contributed by atoms with van der Waals surface area (Å²) in [6.07, 6.45) is 0. The average molecular weight is 131 g/mol. The molecule has 0 fully saturated rings. The van der Waals surface area contributed by atoms with Crippen molar-refractivity contribution in [3.8, 4) is 0 Å². The van der Waals surface area contributed by atoms with Crippen LogP contribution < -0.4 is 0 Å². The van der Waals surface area contributed by atoms with Crippen LogP contribution in [0.25, 0.3) is 0 Å². The molecule has 0 aliphatic rings. The molecular weight excluding hydrogens is 123 g/mol. The molecule has 0 unspecified atom stereocenters. The topological polar surface area (TPSA) is 20.2 Å². The molecule has 0 aliphatic carbocycles. The van der Waals surface area contributed by atoms with E-state index < -0.39 is 0 Å². The third-order valence-corrected chi connectivity index (χ3v) is 0.949. The van der Waals surface area contributed by atoms with E-state index in [2.05, 4.69) is 0 Å². The van der Waals surface area contributed by atoms with Crippen LogP contribution in [0.5, 0.6) is 0 Å². The van der Waals surface area contributed by atoms with E-state index in [4.69, 9.17) is 5.11 Å². The van der Waals surface area contributed by atoms with Gasteiger partial charge in [0.25, 0.3) is 0 Å². The zero-order valence-electron chi connectivity index (χ0n) is 4.41. The van der Waals surface area contributed by atoms with Gasteiger partial charge in [-0.05, 0) is 5.56 Å². The van der Waals surface area contributed by atoms with Crippen molar-refractivity contribution >= 4 is 29.6 Å². The zero-order chi connectivity index (χ0) is 5.82. The van der Waals surface area contributed by atoms with E-state index in [0.29, 0.717) is 0 Å². The van der Waals surface area contributed by atoms with Crippen LogP contribution in [0.15, 0.2) is 30.3 Å². The van der Waals surface area contributed by atoms with Crippen LogP contribution in [0.2, 0.25) is 0 Å². The average Bonchev–Trinajstić information content (AvgIpc) is 1.90. The van der Waals surface area contributed by atoms with Crippen LogP contribution in [-0.2, 0) is 0 Å². The molecule has 43 valence electrons. The SMILES string of the molecule is O[CH]c1ccccc1.[NaH]. The molecule has 0 aliphatic heterocycles. The first-order valence-electron chi connectivity index (χ1n) is 2.46. The molecule has 9 heavy (non-hydrogen) atoms. The fraction of sp³-hybridized carbons (Fsp3) is 0. The molecule has 1 radical (unpaired) electrons. The number of hydrogen-bond acceptors (Lipinski definition) is 1. The van der Waals surface area contributed by atoms with Gasteiger partial charge in [-0.1, -0.05) is 30.3 Å². The number of aliphatic hydroxyl groups excluding tert-OH is 1. The molecule has 0 saturated carbocycles. The fourth-order valence-corrected chi connectivity index (χ4v) is 0.539. The Hall–Kier alpha value is 0.180. The van der Waals surface area contributed by atoms with Crippen LogP contribution in [0.3, 0.4) is 0 Å². The Morgan fingerprint density at radius 3 is 2.00 bits per heavy atom. The van der Waals surface area contributed by atoms with E-state index in [0.717, 1.165) is 12.2 Å². The van der Waals surface area contributed by atoms with Crippen molar-refractivity contribution in [2.45, 2.75) is 0 Å². The van der Waals surface area contributed by atoms with E-state index in [1.54, 1.807) is 0 Å². The minimum absolute atomic E-state index is 0. The summed E-state index contributed by atoms with van der Waals surface area (Å²) in [5, 5.41) is 8.41. The third kappa shape index (κ3) is 3.01. The van der Waals surface area contributed by atoms with E-state index in [-0.39, 0.29) is 29.6 Å². The predicted molar refractivity (Wildman–Crippen MR) is 38.9 cm³/mol. The second-order valence-electron chi connectivity index (χ2n) is 1.54. The molecule has 1 rings (SSSR count). The molecule has 0 heterocycles. The van der Waals surface area contributed by atoms with Crippen LogP contribution in [0.1, 0.15) is 5.56 Å². The summed E-state index contributed by atoms with van der Waals surface area (Å²) in [5.41, 5.74) is 0.840. The fourth-order valence-electron chi connectivity index (χ4n) is 0.539. The summed E-state index contributed by atoms with van der Waals surface area (Å²) in [6, 6.07) is 9.33. The third-order valence-electron chi connectivity index (χ3n) is 0.949. The van der Waals surface area contributed by atoms with Crippen molar-refractivity contribution < 1.29 is 5.11 Å². The summed E-state index contributed by atoms with van der Waals surface area (Å²) in [5.74, 6) is 0. The Labute approximate surface area is 77.0 Å². The monoisotopic (exact) mass is 131 g/mol. The van der Waals surface area contributed by atoms with Crippen LogP contribution in [-0.4, -0.2) is 34.7 Å². The van der Waals surface area contributed by atoms with Gasteiger partial charge in [0.2, 0.25) is 0 Å². The molecule has 0 spiro atoms. The molecule has 1 N–H and O–H groups in total. The van der Waals surface area contributed by atoms with Gasteiger partial charge in [0.05, 0.1) is 0 Å². The van der Waals surface area contributed by atoms with Gasteiger partial charge in [-0.3, -0.25) is 0 Å². The number of hydrogen-bond donors (Lipinski definition) is 1. The summed E-state index contributed by atoms with van der Waals surface area (Å²) < 4.78 is 0. The number of aliphatic hydroxyl groups is 1. The Bertz CT molecular complexity index is 150. The molecule has 0 saturated heterocycles. The molecule has 1 aromatic rings. The van der Waals surface area contributed by atoms with Crippen molar-refractivity contribution in [1.82, 2.24) is 0 Å². The maximum absolute atomic E-state index is 8.41. The van der Waals surface area contributed by atoms with Crippen molar-refractivity contribution in [3.05, 3.63) is 42.5 Å². The van der Waals surface area contributed by atoms with Gasteiger partial charge >= 0.3 is 29.6 Å². The van der Waals surface area contributed by atoms with E-state index in [1.807, 2.05) is 30.3 Å². The van der Waals surface area contributed by atoms with Crippen molar-refractivity contribution in [2.75, 3.05) is 0 Å². The normalized spacial score (nSPS) is 8.11. The van der Waals surface area contributed by atoms with E-state index in [9.17, 15) is 0 Å². The molecule has 1 aromatic carbocycles. The first-order chi connectivity index (χ1) is 3.93. The van der Waals surface area contributed by atoms with Crippen molar-refractivity contribution in [1.29, 1.82) is 0 Å². The molecule has 1 nitrogen and oxygen atoms in total. The second-order valence-corrected chi connectivity index (χ2v) is 1.54. The Morgan fingerprint density at radius 2 is 1.67 bits per heavy atom. The molecule has 2 heteroatoms. The van der Waals surface area contributed by atoms with Gasteiger partial charge in [0.1, 0.15) is 6.61 Å².